The predicted octanol–water partition coefficient (Wildman–Crippen LogP) is 4.62. The average Bonchev–Trinajstić information content (AvgIpc) is 2.78. The van der Waals surface area contributed by atoms with Crippen molar-refractivity contribution in [3.8, 4) is 17.6 Å². The Morgan fingerprint density at radius 1 is 1.19 bits per heavy atom. The molecule has 4 rings (SSSR count). The summed E-state index contributed by atoms with van der Waals surface area (Å²) in [5.74, 6) is 0.397. The number of nitrogens with two attached hydrogens (primary N) is 1. The molecule has 0 amide bonds. The highest BCUT2D eigenvalue weighted by Crippen LogP contribution is 2.45. The lowest BCUT2D eigenvalue weighted by atomic mass is 9.77. The van der Waals surface area contributed by atoms with Gasteiger partial charge in [0.1, 0.15) is 29.8 Å². The van der Waals surface area contributed by atoms with Crippen molar-refractivity contribution in [2.75, 3.05) is 6.61 Å². The molecule has 0 spiro atoms. The van der Waals surface area contributed by atoms with Gasteiger partial charge in [0.2, 0.25) is 5.88 Å². The second kappa shape index (κ2) is 9.15. The Morgan fingerprint density at radius 2 is 2.00 bits per heavy atom. The summed E-state index contributed by atoms with van der Waals surface area (Å²) in [6, 6.07) is 13.7. The summed E-state index contributed by atoms with van der Waals surface area (Å²) < 4.78 is 31.2. The van der Waals surface area contributed by atoms with E-state index in [9.17, 15) is 14.4 Å². The van der Waals surface area contributed by atoms with Crippen molar-refractivity contribution in [1.29, 1.82) is 5.26 Å². The minimum Gasteiger partial charge on any atom is -0.490 e. The number of carbonyl (C=O) groups excluding carboxylic acids is 1. The second-order valence-electron chi connectivity index (χ2n) is 7.56. The number of ketones is 1. The van der Waals surface area contributed by atoms with E-state index in [0.29, 0.717) is 59.8 Å². The summed E-state index contributed by atoms with van der Waals surface area (Å²) in [5, 5.41) is 9.74. The number of carbonyl (C=O) groups is 1. The van der Waals surface area contributed by atoms with Gasteiger partial charge in [-0.25, -0.2) is 4.39 Å². The van der Waals surface area contributed by atoms with E-state index in [0.717, 1.165) is 0 Å². The van der Waals surface area contributed by atoms with Crippen LogP contribution in [0, 0.1) is 17.1 Å². The summed E-state index contributed by atoms with van der Waals surface area (Å²) >= 11 is 0. The zero-order valence-electron chi connectivity index (χ0n) is 17.7. The van der Waals surface area contributed by atoms with Crippen molar-refractivity contribution >= 4 is 5.78 Å². The molecule has 0 radical (unpaired) electrons. The number of rotatable bonds is 6. The summed E-state index contributed by atoms with van der Waals surface area (Å²) in [6.07, 6.45) is 1.69. The molecule has 1 heterocycles. The molecule has 7 heteroatoms. The molecule has 164 valence electrons. The lowest BCUT2D eigenvalue weighted by molar-refractivity contribution is -0.116. The highest BCUT2D eigenvalue weighted by atomic mass is 19.1. The lowest BCUT2D eigenvalue weighted by Crippen LogP contribution is -2.27. The summed E-state index contributed by atoms with van der Waals surface area (Å²) in [7, 11) is 0. The zero-order chi connectivity index (χ0) is 22.7. The average molecular weight is 434 g/mol. The Kier molecular flexibility index (Phi) is 6.13. The highest BCUT2D eigenvalue weighted by molar-refractivity contribution is 5.99. The number of ether oxygens (including phenoxy) is 3. The minimum atomic E-state index is -0.628. The molecular weight excluding hydrogens is 411 g/mol. The van der Waals surface area contributed by atoms with Crippen LogP contribution < -0.4 is 15.2 Å². The molecule has 1 aliphatic heterocycles. The molecule has 2 aromatic rings. The van der Waals surface area contributed by atoms with Crippen LogP contribution in [0.5, 0.6) is 11.5 Å². The van der Waals surface area contributed by atoms with E-state index >= 15 is 0 Å². The van der Waals surface area contributed by atoms with Gasteiger partial charge in [-0.3, -0.25) is 4.79 Å². The van der Waals surface area contributed by atoms with Gasteiger partial charge in [0.25, 0.3) is 0 Å². The maximum absolute atomic E-state index is 14.0. The van der Waals surface area contributed by atoms with Crippen molar-refractivity contribution in [2.24, 2.45) is 5.73 Å². The van der Waals surface area contributed by atoms with Crippen LogP contribution in [0.15, 0.2) is 65.3 Å². The van der Waals surface area contributed by atoms with Crippen molar-refractivity contribution in [3.63, 3.8) is 0 Å². The minimum absolute atomic E-state index is 0.0174. The van der Waals surface area contributed by atoms with Crippen LogP contribution in [0.25, 0.3) is 0 Å². The fourth-order valence-corrected chi connectivity index (χ4v) is 4.05. The Bertz CT molecular complexity index is 1160. The molecule has 32 heavy (non-hydrogen) atoms. The van der Waals surface area contributed by atoms with Crippen LogP contribution in [0.3, 0.4) is 0 Å². The van der Waals surface area contributed by atoms with E-state index in [-0.39, 0.29) is 29.7 Å². The standard InChI is InChI=1S/C25H23FN2O4/c1-2-30-22-12-15(10-11-20(22)31-14-16-6-3-4-7-18(16)26)23-17(13-27)25(28)32-21-9-5-8-19(29)24(21)23/h3-4,6-7,10-12,23H,2,5,8-9,14,28H2,1H3/t23-/m1/s1. The predicted molar refractivity (Wildman–Crippen MR) is 115 cm³/mol. The van der Waals surface area contributed by atoms with Crippen LogP contribution in [-0.2, 0) is 16.1 Å². The third-order valence-corrected chi connectivity index (χ3v) is 5.55. The summed E-state index contributed by atoms with van der Waals surface area (Å²) in [4.78, 5) is 12.7. The summed E-state index contributed by atoms with van der Waals surface area (Å²) in [6.45, 7) is 2.25. The fourth-order valence-electron chi connectivity index (χ4n) is 4.05. The van der Waals surface area contributed by atoms with Gasteiger partial charge >= 0.3 is 0 Å². The first-order valence-electron chi connectivity index (χ1n) is 10.5. The molecule has 0 unspecified atom stereocenters. The normalized spacial score (nSPS) is 18.0. The fraction of sp³-hybridized carbons (Fsp3) is 0.280. The summed E-state index contributed by atoms with van der Waals surface area (Å²) in [5.41, 5.74) is 7.80. The molecule has 0 saturated heterocycles. The van der Waals surface area contributed by atoms with Gasteiger partial charge < -0.3 is 19.9 Å². The number of hydrogen-bond acceptors (Lipinski definition) is 6. The number of nitrogens with zero attached hydrogens (tertiary/aromatic N) is 1. The highest BCUT2D eigenvalue weighted by Gasteiger charge is 2.38. The van der Waals surface area contributed by atoms with Crippen LogP contribution in [0.4, 0.5) is 4.39 Å². The van der Waals surface area contributed by atoms with Crippen LogP contribution in [0.2, 0.25) is 0 Å². The van der Waals surface area contributed by atoms with Gasteiger partial charge in [-0.1, -0.05) is 24.3 Å². The first-order chi connectivity index (χ1) is 15.5. The Morgan fingerprint density at radius 3 is 2.75 bits per heavy atom. The van der Waals surface area contributed by atoms with Gasteiger partial charge in [-0.2, -0.15) is 5.26 Å². The van der Waals surface area contributed by atoms with E-state index < -0.39 is 5.92 Å². The monoisotopic (exact) mass is 434 g/mol. The number of benzene rings is 2. The number of allylic oxidation sites excluding steroid dienone is 3. The molecule has 0 fully saturated rings. The topological polar surface area (TPSA) is 94.6 Å². The smallest absolute Gasteiger partial charge is 0.205 e. The van der Waals surface area contributed by atoms with Gasteiger partial charge in [-0.05, 0) is 37.1 Å². The molecule has 2 N–H and O–H groups in total. The third-order valence-electron chi connectivity index (χ3n) is 5.55. The van der Waals surface area contributed by atoms with E-state index in [1.165, 1.54) is 6.07 Å². The molecule has 0 bridgehead atoms. The van der Waals surface area contributed by atoms with Gasteiger partial charge in [0.05, 0.1) is 12.5 Å². The number of nitriles is 1. The third kappa shape index (κ3) is 4.04. The lowest BCUT2D eigenvalue weighted by Gasteiger charge is -2.31. The van der Waals surface area contributed by atoms with Gasteiger partial charge in [0, 0.05) is 24.0 Å². The molecule has 1 aliphatic carbocycles. The quantitative estimate of drug-likeness (QED) is 0.713. The molecule has 2 aliphatic rings. The van der Waals surface area contributed by atoms with E-state index in [2.05, 4.69) is 6.07 Å². The molecule has 0 aromatic heterocycles. The largest absolute Gasteiger partial charge is 0.490 e. The first-order valence-corrected chi connectivity index (χ1v) is 10.5. The number of hydrogen-bond donors (Lipinski definition) is 1. The van der Waals surface area contributed by atoms with Crippen molar-refractivity contribution in [3.05, 3.63) is 82.2 Å². The first kappa shape index (κ1) is 21.4. The number of halogens is 1. The van der Waals surface area contributed by atoms with E-state index in [1.807, 2.05) is 6.92 Å². The van der Waals surface area contributed by atoms with Gasteiger partial charge in [-0.15, -0.1) is 0 Å². The molecule has 6 nitrogen and oxygen atoms in total. The van der Waals surface area contributed by atoms with E-state index in [1.54, 1.807) is 36.4 Å². The number of Topliss-reactive ketones (excluding diaryl/α,β-unsaturated/α-hetero) is 1. The van der Waals surface area contributed by atoms with Crippen molar-refractivity contribution in [1.82, 2.24) is 0 Å². The molecule has 1 atom stereocenters. The van der Waals surface area contributed by atoms with Crippen molar-refractivity contribution < 1.29 is 23.4 Å². The molecule has 0 saturated carbocycles. The SMILES string of the molecule is CCOc1cc([C@@H]2C(C#N)=C(N)OC3=C2C(=O)CCC3)ccc1OCc1ccccc1F. The Balaban J connectivity index is 1.71. The Labute approximate surface area is 185 Å². The zero-order valence-corrected chi connectivity index (χ0v) is 17.7. The van der Waals surface area contributed by atoms with Crippen LogP contribution >= 0.6 is 0 Å². The Hall–Kier alpha value is -3.79. The molecular formula is C25H23FN2O4. The van der Waals surface area contributed by atoms with Crippen LogP contribution in [0.1, 0.15) is 43.2 Å². The van der Waals surface area contributed by atoms with E-state index in [4.69, 9.17) is 19.9 Å². The second-order valence-corrected chi connectivity index (χ2v) is 7.56. The van der Waals surface area contributed by atoms with Crippen molar-refractivity contribution in [2.45, 2.75) is 38.7 Å². The van der Waals surface area contributed by atoms with Gasteiger partial charge in [0.15, 0.2) is 17.3 Å². The maximum atomic E-state index is 14.0. The maximum Gasteiger partial charge on any atom is 0.205 e. The van der Waals surface area contributed by atoms with Crippen LogP contribution in [-0.4, -0.2) is 12.4 Å². The molecule has 2 aromatic carbocycles.